The molecule has 3 rings (SSSR count). The number of benzene rings is 1. The highest BCUT2D eigenvalue weighted by molar-refractivity contribution is 5.61. The van der Waals surface area contributed by atoms with Crippen molar-refractivity contribution in [2.24, 2.45) is 0 Å². The lowest BCUT2D eigenvalue weighted by Crippen LogP contribution is -2.43. The Morgan fingerprint density at radius 3 is 2.89 bits per heavy atom. The molecule has 0 radical (unpaired) electrons. The Morgan fingerprint density at radius 1 is 1.22 bits per heavy atom. The van der Waals surface area contributed by atoms with Crippen molar-refractivity contribution in [2.45, 2.75) is 57.5 Å². The molecule has 1 heterocycles. The first-order chi connectivity index (χ1) is 8.77. The molecule has 0 atom stereocenters. The van der Waals surface area contributed by atoms with E-state index in [-0.39, 0.29) is 0 Å². The number of para-hydroxylation sites is 1. The Labute approximate surface area is 110 Å². The third kappa shape index (κ3) is 2.39. The summed E-state index contributed by atoms with van der Waals surface area (Å²) in [5.41, 5.74) is 4.68. The van der Waals surface area contributed by atoms with Crippen molar-refractivity contribution in [3.63, 3.8) is 0 Å². The van der Waals surface area contributed by atoms with Gasteiger partial charge < -0.3 is 10.6 Å². The summed E-state index contributed by atoms with van der Waals surface area (Å²) in [6.45, 7) is 4.50. The molecule has 1 aromatic carbocycles. The van der Waals surface area contributed by atoms with E-state index in [1.807, 2.05) is 0 Å². The zero-order valence-electron chi connectivity index (χ0n) is 11.4. The van der Waals surface area contributed by atoms with E-state index in [0.717, 1.165) is 13.1 Å². The molecule has 0 amide bonds. The highest BCUT2D eigenvalue weighted by Crippen LogP contribution is 2.30. The molecular weight excluding hydrogens is 220 g/mol. The van der Waals surface area contributed by atoms with Gasteiger partial charge in [-0.05, 0) is 37.3 Å². The zero-order chi connectivity index (χ0) is 12.4. The summed E-state index contributed by atoms with van der Waals surface area (Å²) >= 11 is 0. The van der Waals surface area contributed by atoms with E-state index >= 15 is 0 Å². The molecule has 0 unspecified atom stereocenters. The topological polar surface area (TPSA) is 24.1 Å². The highest BCUT2D eigenvalue weighted by atomic mass is 15.0. The third-order valence-corrected chi connectivity index (χ3v) is 4.60. The molecule has 2 heteroatoms. The summed E-state index contributed by atoms with van der Waals surface area (Å²) in [6.07, 6.45) is 8.02. The molecule has 2 N–H and O–H groups in total. The molecule has 1 aromatic rings. The average Bonchev–Trinajstić information content (AvgIpc) is 2.86. The van der Waals surface area contributed by atoms with Gasteiger partial charge in [0.2, 0.25) is 0 Å². The lowest BCUT2D eigenvalue weighted by atomic mass is 9.83. The molecular formula is C16H24N2. The molecule has 0 bridgehead atoms. The Kier molecular flexibility index (Phi) is 3.29. The minimum Gasteiger partial charge on any atom is -0.384 e. The van der Waals surface area contributed by atoms with Gasteiger partial charge in [0.1, 0.15) is 0 Å². The van der Waals surface area contributed by atoms with E-state index < -0.39 is 0 Å². The number of anilines is 1. The standard InChI is InChI=1S/C16H24N2/c1-16(9-3-2-4-10-16)18-12-14-7-5-6-13-8-11-17-15(13)14/h5-7,17-18H,2-4,8-12H2,1H3. The van der Waals surface area contributed by atoms with Gasteiger partial charge >= 0.3 is 0 Å². The largest absolute Gasteiger partial charge is 0.384 e. The number of fused-ring (bicyclic) bond motifs is 1. The van der Waals surface area contributed by atoms with Crippen molar-refractivity contribution >= 4 is 5.69 Å². The first kappa shape index (κ1) is 12.0. The van der Waals surface area contributed by atoms with Gasteiger partial charge in [0, 0.05) is 24.3 Å². The summed E-state index contributed by atoms with van der Waals surface area (Å²) < 4.78 is 0. The number of hydrogen-bond donors (Lipinski definition) is 2. The lowest BCUT2D eigenvalue weighted by Gasteiger charge is -2.35. The first-order valence-corrected chi connectivity index (χ1v) is 7.37. The second-order valence-electron chi connectivity index (χ2n) is 6.10. The van der Waals surface area contributed by atoms with E-state index in [9.17, 15) is 0 Å². The fraction of sp³-hybridized carbons (Fsp3) is 0.625. The van der Waals surface area contributed by atoms with Crippen LogP contribution in [-0.2, 0) is 13.0 Å². The van der Waals surface area contributed by atoms with Crippen molar-refractivity contribution in [1.82, 2.24) is 5.32 Å². The highest BCUT2D eigenvalue weighted by Gasteiger charge is 2.26. The van der Waals surface area contributed by atoms with Crippen LogP contribution in [-0.4, -0.2) is 12.1 Å². The van der Waals surface area contributed by atoms with Gasteiger partial charge in [0.15, 0.2) is 0 Å². The van der Waals surface area contributed by atoms with Crippen molar-refractivity contribution in [2.75, 3.05) is 11.9 Å². The predicted molar refractivity (Wildman–Crippen MR) is 77.0 cm³/mol. The molecule has 2 aliphatic rings. The predicted octanol–water partition coefficient (Wildman–Crippen LogP) is 3.47. The van der Waals surface area contributed by atoms with Crippen LogP contribution in [0.4, 0.5) is 5.69 Å². The molecule has 18 heavy (non-hydrogen) atoms. The van der Waals surface area contributed by atoms with Crippen LogP contribution in [0.3, 0.4) is 0 Å². The van der Waals surface area contributed by atoms with E-state index in [4.69, 9.17) is 0 Å². The maximum atomic E-state index is 3.80. The Hall–Kier alpha value is -1.02. The summed E-state index contributed by atoms with van der Waals surface area (Å²) in [5.74, 6) is 0. The van der Waals surface area contributed by atoms with E-state index in [1.54, 1.807) is 0 Å². The quantitative estimate of drug-likeness (QED) is 0.851. The second-order valence-corrected chi connectivity index (χ2v) is 6.10. The van der Waals surface area contributed by atoms with Gasteiger partial charge in [-0.3, -0.25) is 0 Å². The third-order valence-electron chi connectivity index (χ3n) is 4.60. The minimum atomic E-state index is 0.361. The van der Waals surface area contributed by atoms with E-state index in [0.29, 0.717) is 5.54 Å². The van der Waals surface area contributed by atoms with Gasteiger partial charge in [0.25, 0.3) is 0 Å². The van der Waals surface area contributed by atoms with Gasteiger partial charge in [-0.2, -0.15) is 0 Å². The lowest BCUT2D eigenvalue weighted by molar-refractivity contribution is 0.252. The van der Waals surface area contributed by atoms with Crippen molar-refractivity contribution in [1.29, 1.82) is 0 Å². The van der Waals surface area contributed by atoms with Crippen LogP contribution in [0, 0.1) is 0 Å². The smallest absolute Gasteiger partial charge is 0.0419 e. The normalized spacial score (nSPS) is 21.4. The first-order valence-electron chi connectivity index (χ1n) is 7.37. The van der Waals surface area contributed by atoms with Crippen molar-refractivity contribution in [3.8, 4) is 0 Å². The van der Waals surface area contributed by atoms with Crippen LogP contribution in [0.2, 0.25) is 0 Å². The van der Waals surface area contributed by atoms with Crippen LogP contribution in [0.1, 0.15) is 50.2 Å². The van der Waals surface area contributed by atoms with E-state index in [2.05, 4.69) is 35.8 Å². The molecule has 1 fully saturated rings. The molecule has 2 nitrogen and oxygen atoms in total. The average molecular weight is 244 g/mol. The fourth-order valence-corrected chi connectivity index (χ4v) is 3.38. The summed E-state index contributed by atoms with van der Waals surface area (Å²) in [5, 5.41) is 7.33. The fourth-order valence-electron chi connectivity index (χ4n) is 3.38. The van der Waals surface area contributed by atoms with Gasteiger partial charge in [-0.15, -0.1) is 0 Å². The molecule has 0 aromatic heterocycles. The van der Waals surface area contributed by atoms with Crippen LogP contribution in [0.15, 0.2) is 18.2 Å². The Morgan fingerprint density at radius 2 is 2.06 bits per heavy atom. The number of nitrogens with one attached hydrogen (secondary N) is 2. The molecule has 1 aliphatic carbocycles. The number of hydrogen-bond acceptors (Lipinski definition) is 2. The molecule has 98 valence electrons. The van der Waals surface area contributed by atoms with Crippen molar-refractivity contribution < 1.29 is 0 Å². The minimum absolute atomic E-state index is 0.361. The monoisotopic (exact) mass is 244 g/mol. The van der Waals surface area contributed by atoms with Gasteiger partial charge in [-0.1, -0.05) is 37.5 Å². The maximum absolute atomic E-state index is 3.80. The summed E-state index contributed by atoms with van der Waals surface area (Å²) in [4.78, 5) is 0. The summed E-state index contributed by atoms with van der Waals surface area (Å²) in [6, 6.07) is 6.71. The van der Waals surface area contributed by atoms with Gasteiger partial charge in [0.05, 0.1) is 0 Å². The van der Waals surface area contributed by atoms with Gasteiger partial charge in [-0.25, -0.2) is 0 Å². The summed E-state index contributed by atoms with van der Waals surface area (Å²) in [7, 11) is 0. The molecule has 1 saturated carbocycles. The molecule has 0 spiro atoms. The van der Waals surface area contributed by atoms with E-state index in [1.165, 1.54) is 55.3 Å². The zero-order valence-corrected chi connectivity index (χ0v) is 11.4. The van der Waals surface area contributed by atoms with Crippen molar-refractivity contribution in [3.05, 3.63) is 29.3 Å². The Balaban J connectivity index is 1.68. The SMILES string of the molecule is CC1(NCc2cccc3c2NCC3)CCCCC1. The van der Waals surface area contributed by atoms with Crippen LogP contribution < -0.4 is 10.6 Å². The number of rotatable bonds is 3. The molecule has 0 saturated heterocycles. The second kappa shape index (κ2) is 4.93. The molecule has 1 aliphatic heterocycles. The van der Waals surface area contributed by atoms with Crippen LogP contribution in [0.5, 0.6) is 0 Å². The Bertz CT molecular complexity index is 419. The maximum Gasteiger partial charge on any atom is 0.0419 e. The van der Waals surface area contributed by atoms with Crippen LogP contribution >= 0.6 is 0 Å². The van der Waals surface area contributed by atoms with Crippen LogP contribution in [0.25, 0.3) is 0 Å².